The number of nitrogens with one attached hydrogen (secondary N) is 3. The fourth-order valence-electron chi connectivity index (χ4n) is 2.79. The van der Waals surface area contributed by atoms with Crippen molar-refractivity contribution in [3.63, 3.8) is 0 Å². The van der Waals surface area contributed by atoms with E-state index in [1.165, 1.54) is 0 Å². The van der Waals surface area contributed by atoms with Crippen LogP contribution in [0.4, 0.5) is 10.5 Å². The van der Waals surface area contributed by atoms with Crippen molar-refractivity contribution in [2.24, 2.45) is 0 Å². The molecule has 0 bridgehead atoms. The minimum Gasteiger partial charge on any atom is -0.438 e. The maximum atomic E-state index is 12.4. The summed E-state index contributed by atoms with van der Waals surface area (Å²) >= 11 is 0. The summed E-state index contributed by atoms with van der Waals surface area (Å²) < 4.78 is 5.76. The summed E-state index contributed by atoms with van der Waals surface area (Å²) in [7, 11) is 1.57. The van der Waals surface area contributed by atoms with Crippen molar-refractivity contribution in [1.29, 1.82) is 0 Å². The van der Waals surface area contributed by atoms with Crippen LogP contribution >= 0.6 is 0 Å². The topological polar surface area (TPSA) is 96.3 Å². The smallest absolute Gasteiger partial charge is 0.319 e. The van der Waals surface area contributed by atoms with Crippen molar-refractivity contribution in [1.82, 2.24) is 15.6 Å². The van der Waals surface area contributed by atoms with Gasteiger partial charge in [0.2, 0.25) is 5.89 Å². The van der Waals surface area contributed by atoms with Crippen LogP contribution in [0.1, 0.15) is 34.8 Å². The molecule has 3 aromatic rings. The predicted octanol–water partition coefficient (Wildman–Crippen LogP) is 3.89. The minimum atomic E-state index is -0.431. The molecule has 3 rings (SSSR count). The highest BCUT2D eigenvalue weighted by Crippen LogP contribution is 2.23. The number of oxazole rings is 1. The molecule has 0 fully saturated rings. The van der Waals surface area contributed by atoms with Crippen LogP contribution in [0.3, 0.4) is 0 Å². The first-order valence-corrected chi connectivity index (χ1v) is 8.90. The molecule has 7 heteroatoms. The van der Waals surface area contributed by atoms with E-state index in [0.29, 0.717) is 28.5 Å². The van der Waals surface area contributed by atoms with Gasteiger partial charge in [-0.3, -0.25) is 4.79 Å². The molecule has 0 aliphatic rings. The number of urea groups is 1. The van der Waals surface area contributed by atoms with E-state index in [0.717, 1.165) is 5.56 Å². The van der Waals surface area contributed by atoms with Crippen molar-refractivity contribution < 1.29 is 14.0 Å². The molecule has 144 valence electrons. The molecule has 3 N–H and O–H groups in total. The van der Waals surface area contributed by atoms with Crippen LogP contribution in [0.25, 0.3) is 11.3 Å². The van der Waals surface area contributed by atoms with Crippen molar-refractivity contribution in [2.75, 3.05) is 12.4 Å². The highest BCUT2D eigenvalue weighted by Gasteiger charge is 2.17. The summed E-state index contributed by atoms with van der Waals surface area (Å²) in [6.45, 7) is 3.57. The Morgan fingerprint density at radius 2 is 1.82 bits per heavy atom. The van der Waals surface area contributed by atoms with Gasteiger partial charge in [0.15, 0.2) is 5.76 Å². The lowest BCUT2D eigenvalue weighted by molar-refractivity contribution is 0.0962. The van der Waals surface area contributed by atoms with Gasteiger partial charge in [-0.05, 0) is 31.5 Å². The van der Waals surface area contributed by atoms with Crippen molar-refractivity contribution in [2.45, 2.75) is 19.9 Å². The van der Waals surface area contributed by atoms with Crippen LogP contribution in [-0.2, 0) is 0 Å². The van der Waals surface area contributed by atoms with E-state index in [1.54, 1.807) is 45.3 Å². The van der Waals surface area contributed by atoms with Crippen LogP contribution in [0, 0.1) is 6.92 Å². The van der Waals surface area contributed by atoms with E-state index in [4.69, 9.17) is 4.42 Å². The zero-order chi connectivity index (χ0) is 20.1. The highest BCUT2D eigenvalue weighted by atomic mass is 16.4. The van der Waals surface area contributed by atoms with Gasteiger partial charge in [-0.15, -0.1) is 0 Å². The number of carbonyl (C=O) groups excluding carboxylic acids is 2. The first kappa shape index (κ1) is 19.2. The summed E-state index contributed by atoms with van der Waals surface area (Å²) in [5, 5.41) is 8.15. The normalized spacial score (nSPS) is 11.5. The second-order valence-electron chi connectivity index (χ2n) is 6.31. The molecule has 1 unspecified atom stereocenters. The Hall–Kier alpha value is -3.61. The molecule has 7 nitrogen and oxygen atoms in total. The van der Waals surface area contributed by atoms with E-state index in [-0.39, 0.29) is 5.91 Å². The van der Waals surface area contributed by atoms with Gasteiger partial charge in [-0.1, -0.05) is 36.4 Å². The fraction of sp³-hybridized carbons (Fsp3) is 0.190. The summed E-state index contributed by atoms with van der Waals surface area (Å²) in [5.74, 6) is 0.840. The zero-order valence-corrected chi connectivity index (χ0v) is 15.9. The van der Waals surface area contributed by atoms with E-state index >= 15 is 0 Å². The molecular weight excluding hydrogens is 356 g/mol. The number of benzene rings is 2. The van der Waals surface area contributed by atoms with Gasteiger partial charge in [0.05, 0.1) is 6.20 Å². The third kappa shape index (κ3) is 4.20. The molecule has 0 spiro atoms. The number of amides is 3. The largest absolute Gasteiger partial charge is 0.438 e. The average Bonchev–Trinajstić information content (AvgIpc) is 3.20. The molecule has 0 aliphatic heterocycles. The molecule has 0 aliphatic carbocycles. The summed E-state index contributed by atoms with van der Waals surface area (Å²) in [6.07, 6.45) is 1.64. The number of nitrogens with zero attached hydrogens (tertiary/aromatic N) is 1. The molecule has 1 aromatic heterocycles. The highest BCUT2D eigenvalue weighted by molar-refractivity contribution is 5.98. The Kier molecular flexibility index (Phi) is 5.74. The Labute approximate surface area is 163 Å². The van der Waals surface area contributed by atoms with Crippen molar-refractivity contribution >= 4 is 17.6 Å². The number of anilines is 1. The van der Waals surface area contributed by atoms with Crippen LogP contribution in [-0.4, -0.2) is 24.0 Å². The Bertz CT molecular complexity index is 982. The second kappa shape index (κ2) is 8.39. The van der Waals surface area contributed by atoms with Gasteiger partial charge >= 0.3 is 6.03 Å². The van der Waals surface area contributed by atoms with E-state index in [2.05, 4.69) is 20.9 Å². The third-order valence-corrected chi connectivity index (χ3v) is 4.35. The minimum absolute atomic E-state index is 0.205. The monoisotopic (exact) mass is 378 g/mol. The molecule has 1 heterocycles. The van der Waals surface area contributed by atoms with Crippen LogP contribution in [0.5, 0.6) is 0 Å². The van der Waals surface area contributed by atoms with E-state index < -0.39 is 12.1 Å². The molecular formula is C21H22N4O3. The first-order chi connectivity index (χ1) is 13.5. The second-order valence-corrected chi connectivity index (χ2v) is 6.31. The standard InChI is InChI=1S/C21H22N4O3/c1-13-16(19(26)22-3)10-7-11-17(13)25-21(27)24-14(2)20-23-12-18(28-20)15-8-5-4-6-9-15/h4-12,14H,1-3H3,(H,22,26)(H2,24,25,27). The molecule has 0 saturated carbocycles. The van der Waals surface area contributed by atoms with Gasteiger partial charge < -0.3 is 20.4 Å². The van der Waals surface area contributed by atoms with E-state index in [9.17, 15) is 9.59 Å². The summed E-state index contributed by atoms with van der Waals surface area (Å²) in [6, 6.07) is 13.9. The van der Waals surface area contributed by atoms with Crippen LogP contribution < -0.4 is 16.0 Å². The van der Waals surface area contributed by atoms with Crippen LogP contribution in [0.2, 0.25) is 0 Å². The number of carbonyl (C=O) groups is 2. The molecule has 0 saturated heterocycles. The third-order valence-electron chi connectivity index (χ3n) is 4.35. The number of aromatic nitrogens is 1. The summed E-state index contributed by atoms with van der Waals surface area (Å²) in [4.78, 5) is 28.5. The Morgan fingerprint density at radius 3 is 2.54 bits per heavy atom. The average molecular weight is 378 g/mol. The molecule has 3 amide bonds. The van der Waals surface area contributed by atoms with Gasteiger partial charge in [-0.2, -0.15) is 0 Å². The molecule has 0 radical (unpaired) electrons. The van der Waals surface area contributed by atoms with E-state index in [1.807, 2.05) is 30.3 Å². The quantitative estimate of drug-likeness (QED) is 0.627. The SMILES string of the molecule is CNC(=O)c1cccc(NC(=O)NC(C)c2ncc(-c3ccccc3)o2)c1C. The van der Waals surface area contributed by atoms with Crippen LogP contribution in [0.15, 0.2) is 59.1 Å². The molecule has 2 aromatic carbocycles. The maximum absolute atomic E-state index is 12.4. The fourth-order valence-corrected chi connectivity index (χ4v) is 2.79. The Balaban J connectivity index is 1.67. The lowest BCUT2D eigenvalue weighted by Gasteiger charge is -2.14. The zero-order valence-electron chi connectivity index (χ0n) is 15.9. The number of rotatable bonds is 5. The molecule has 28 heavy (non-hydrogen) atoms. The Morgan fingerprint density at radius 1 is 1.07 bits per heavy atom. The summed E-state index contributed by atoms with van der Waals surface area (Å²) in [5.41, 5.74) is 2.67. The van der Waals surface area contributed by atoms with Gasteiger partial charge in [0, 0.05) is 23.9 Å². The van der Waals surface area contributed by atoms with Gasteiger partial charge in [-0.25, -0.2) is 9.78 Å². The number of hydrogen-bond donors (Lipinski definition) is 3. The van der Waals surface area contributed by atoms with Gasteiger partial charge in [0.1, 0.15) is 6.04 Å². The predicted molar refractivity (Wildman–Crippen MR) is 107 cm³/mol. The molecule has 1 atom stereocenters. The van der Waals surface area contributed by atoms with Gasteiger partial charge in [0.25, 0.3) is 5.91 Å². The first-order valence-electron chi connectivity index (χ1n) is 8.90. The maximum Gasteiger partial charge on any atom is 0.319 e. The number of hydrogen-bond acceptors (Lipinski definition) is 4. The lowest BCUT2D eigenvalue weighted by Crippen LogP contribution is -2.31. The van der Waals surface area contributed by atoms with Crippen molar-refractivity contribution in [3.05, 3.63) is 71.7 Å². The van der Waals surface area contributed by atoms with Crippen molar-refractivity contribution in [3.8, 4) is 11.3 Å². The lowest BCUT2D eigenvalue weighted by atomic mass is 10.1.